The Balaban J connectivity index is 2.45. The number of nitrogens with two attached hydrogens (primary N) is 1. The molecule has 0 saturated heterocycles. The molecule has 0 fully saturated rings. The molecule has 2 rings (SSSR count). The SMILES string of the molecule is CC(C)n1ncc(Cl)c1C(N)c1cc(Br)c(Br)s1. The first-order valence-corrected chi connectivity index (χ1v) is 8.13. The third kappa shape index (κ3) is 2.67. The summed E-state index contributed by atoms with van der Waals surface area (Å²) >= 11 is 14.7. The summed E-state index contributed by atoms with van der Waals surface area (Å²) in [5.74, 6) is 0. The molecule has 1 atom stereocenters. The molecule has 0 saturated carbocycles. The van der Waals surface area contributed by atoms with Gasteiger partial charge in [-0.15, -0.1) is 11.3 Å². The van der Waals surface area contributed by atoms with Crippen molar-refractivity contribution in [2.75, 3.05) is 0 Å². The first-order chi connectivity index (χ1) is 8.41. The highest BCUT2D eigenvalue weighted by Crippen LogP contribution is 2.38. The Morgan fingerprint density at radius 3 is 2.61 bits per heavy atom. The van der Waals surface area contributed by atoms with Gasteiger partial charge in [-0.3, -0.25) is 4.68 Å². The zero-order chi connectivity index (χ0) is 13.4. The lowest BCUT2D eigenvalue weighted by atomic mass is 10.2. The van der Waals surface area contributed by atoms with E-state index in [4.69, 9.17) is 17.3 Å². The minimum Gasteiger partial charge on any atom is -0.318 e. The van der Waals surface area contributed by atoms with Crippen molar-refractivity contribution in [1.82, 2.24) is 9.78 Å². The average molecular weight is 414 g/mol. The van der Waals surface area contributed by atoms with Crippen LogP contribution >= 0.6 is 54.8 Å². The smallest absolute Gasteiger partial charge is 0.0843 e. The molecule has 2 aromatic rings. The first-order valence-electron chi connectivity index (χ1n) is 5.35. The van der Waals surface area contributed by atoms with Crippen LogP contribution in [0.25, 0.3) is 0 Å². The minimum atomic E-state index is -0.269. The van der Waals surface area contributed by atoms with Crippen molar-refractivity contribution >= 4 is 54.8 Å². The van der Waals surface area contributed by atoms with E-state index in [2.05, 4.69) is 50.8 Å². The van der Waals surface area contributed by atoms with E-state index >= 15 is 0 Å². The Morgan fingerprint density at radius 2 is 2.11 bits per heavy atom. The molecule has 1 unspecified atom stereocenters. The predicted molar refractivity (Wildman–Crippen MR) is 83.4 cm³/mol. The largest absolute Gasteiger partial charge is 0.318 e. The number of hydrogen-bond acceptors (Lipinski definition) is 3. The molecule has 3 nitrogen and oxygen atoms in total. The summed E-state index contributed by atoms with van der Waals surface area (Å²) in [6, 6.07) is 1.97. The van der Waals surface area contributed by atoms with Crippen molar-refractivity contribution < 1.29 is 0 Å². The van der Waals surface area contributed by atoms with Gasteiger partial charge in [0.2, 0.25) is 0 Å². The van der Waals surface area contributed by atoms with Gasteiger partial charge in [0.05, 0.1) is 26.7 Å². The van der Waals surface area contributed by atoms with Crippen molar-refractivity contribution in [1.29, 1.82) is 0 Å². The van der Waals surface area contributed by atoms with Crippen molar-refractivity contribution in [3.8, 4) is 0 Å². The fourth-order valence-electron chi connectivity index (χ4n) is 1.70. The van der Waals surface area contributed by atoms with E-state index in [0.717, 1.165) is 18.8 Å². The van der Waals surface area contributed by atoms with E-state index in [1.807, 2.05) is 10.7 Å². The summed E-state index contributed by atoms with van der Waals surface area (Å²) in [4.78, 5) is 1.04. The fourth-order valence-corrected chi connectivity index (χ4v) is 4.05. The topological polar surface area (TPSA) is 43.8 Å². The molecule has 0 aliphatic heterocycles. The Kier molecular flexibility index (Phi) is 4.54. The molecule has 0 aromatic carbocycles. The second kappa shape index (κ2) is 5.63. The van der Waals surface area contributed by atoms with Crippen LogP contribution < -0.4 is 5.73 Å². The third-order valence-corrected chi connectivity index (χ3v) is 6.17. The molecule has 0 radical (unpaired) electrons. The highest BCUT2D eigenvalue weighted by molar-refractivity contribution is 9.13. The molecule has 7 heteroatoms. The quantitative estimate of drug-likeness (QED) is 0.789. The molecule has 0 aliphatic carbocycles. The number of rotatable bonds is 3. The van der Waals surface area contributed by atoms with Crippen molar-refractivity contribution in [3.05, 3.63) is 36.1 Å². The Hall–Kier alpha value is 0.120. The van der Waals surface area contributed by atoms with Crippen LogP contribution in [-0.4, -0.2) is 9.78 Å². The minimum absolute atomic E-state index is 0.227. The second-order valence-electron chi connectivity index (χ2n) is 4.16. The summed E-state index contributed by atoms with van der Waals surface area (Å²) < 4.78 is 3.90. The van der Waals surface area contributed by atoms with Crippen LogP contribution in [0.1, 0.15) is 36.5 Å². The monoisotopic (exact) mass is 411 g/mol. The Bertz CT molecular complexity index is 545. The van der Waals surface area contributed by atoms with Gasteiger partial charge in [-0.25, -0.2) is 0 Å². The van der Waals surface area contributed by atoms with Gasteiger partial charge in [0, 0.05) is 15.4 Å². The molecule has 0 aliphatic rings. The summed E-state index contributed by atoms with van der Waals surface area (Å²) in [5, 5.41) is 4.89. The standard InChI is InChI=1S/C11H12Br2ClN3S/c1-5(2)17-10(7(14)4-16-17)9(15)8-3-6(12)11(13)18-8/h3-5,9H,15H2,1-2H3. The van der Waals surface area contributed by atoms with Gasteiger partial charge in [0.25, 0.3) is 0 Å². The maximum atomic E-state index is 6.31. The lowest BCUT2D eigenvalue weighted by Gasteiger charge is -2.16. The van der Waals surface area contributed by atoms with Crippen molar-refractivity contribution in [2.24, 2.45) is 5.73 Å². The summed E-state index contributed by atoms with van der Waals surface area (Å²) in [7, 11) is 0. The van der Waals surface area contributed by atoms with E-state index in [1.165, 1.54) is 0 Å². The number of nitrogens with zero attached hydrogens (tertiary/aromatic N) is 2. The van der Waals surface area contributed by atoms with Gasteiger partial charge < -0.3 is 5.73 Å². The van der Waals surface area contributed by atoms with Crippen LogP contribution in [-0.2, 0) is 0 Å². The molecule has 2 aromatic heterocycles. The molecule has 18 heavy (non-hydrogen) atoms. The van der Waals surface area contributed by atoms with Crippen LogP contribution in [0.4, 0.5) is 0 Å². The van der Waals surface area contributed by atoms with Crippen LogP contribution in [0.5, 0.6) is 0 Å². The summed E-state index contributed by atoms with van der Waals surface area (Å²) in [6.45, 7) is 4.11. The zero-order valence-corrected chi connectivity index (χ0v) is 14.6. The first kappa shape index (κ1) is 14.5. The third-order valence-electron chi connectivity index (χ3n) is 2.54. The van der Waals surface area contributed by atoms with E-state index in [0.29, 0.717) is 5.02 Å². The van der Waals surface area contributed by atoms with Crippen LogP contribution in [0.15, 0.2) is 20.5 Å². The number of hydrogen-bond donors (Lipinski definition) is 1. The van der Waals surface area contributed by atoms with Crippen LogP contribution in [0.2, 0.25) is 5.02 Å². The van der Waals surface area contributed by atoms with Crippen molar-refractivity contribution in [2.45, 2.75) is 25.9 Å². The lowest BCUT2D eigenvalue weighted by Crippen LogP contribution is -2.18. The van der Waals surface area contributed by atoms with E-state index < -0.39 is 0 Å². The molecular weight excluding hydrogens is 401 g/mol. The molecule has 0 spiro atoms. The molecule has 0 amide bonds. The average Bonchev–Trinajstić information content (AvgIpc) is 2.83. The fraction of sp³-hybridized carbons (Fsp3) is 0.364. The highest BCUT2D eigenvalue weighted by Gasteiger charge is 2.22. The van der Waals surface area contributed by atoms with Gasteiger partial charge in [0.1, 0.15) is 0 Å². The predicted octanol–water partition coefficient (Wildman–Crippen LogP) is 4.75. The molecule has 0 bridgehead atoms. The van der Waals surface area contributed by atoms with Gasteiger partial charge >= 0.3 is 0 Å². The van der Waals surface area contributed by atoms with Crippen LogP contribution in [0, 0.1) is 0 Å². The molecule has 2 heterocycles. The van der Waals surface area contributed by atoms with Gasteiger partial charge in [-0.05, 0) is 51.8 Å². The summed E-state index contributed by atoms with van der Waals surface area (Å²) in [6.07, 6.45) is 1.65. The van der Waals surface area contributed by atoms with Gasteiger partial charge in [0.15, 0.2) is 0 Å². The summed E-state index contributed by atoms with van der Waals surface area (Å²) in [5.41, 5.74) is 7.16. The molecule has 2 N–H and O–H groups in total. The molecular formula is C11H12Br2ClN3S. The van der Waals surface area contributed by atoms with Gasteiger partial charge in [-0.2, -0.15) is 5.10 Å². The van der Waals surface area contributed by atoms with E-state index in [-0.39, 0.29) is 12.1 Å². The lowest BCUT2D eigenvalue weighted by molar-refractivity contribution is 0.500. The number of aromatic nitrogens is 2. The second-order valence-corrected chi connectivity index (χ2v) is 7.83. The zero-order valence-electron chi connectivity index (χ0n) is 9.82. The van der Waals surface area contributed by atoms with Gasteiger partial charge in [-0.1, -0.05) is 11.6 Å². The number of halogens is 3. The van der Waals surface area contributed by atoms with Crippen molar-refractivity contribution in [3.63, 3.8) is 0 Å². The van der Waals surface area contributed by atoms with E-state index in [9.17, 15) is 0 Å². The maximum Gasteiger partial charge on any atom is 0.0843 e. The highest BCUT2D eigenvalue weighted by atomic mass is 79.9. The van der Waals surface area contributed by atoms with Crippen LogP contribution in [0.3, 0.4) is 0 Å². The normalized spacial score (nSPS) is 13.3. The Morgan fingerprint density at radius 1 is 1.44 bits per heavy atom. The number of thiophene rings is 1. The maximum absolute atomic E-state index is 6.31. The molecule has 98 valence electrons. The van der Waals surface area contributed by atoms with E-state index in [1.54, 1.807) is 17.5 Å². The Labute approximate surface area is 132 Å².